The zero-order valence-corrected chi connectivity index (χ0v) is 6.35. The van der Waals surface area contributed by atoms with Gasteiger partial charge < -0.3 is 4.74 Å². The van der Waals surface area contributed by atoms with E-state index in [1.165, 1.54) is 0 Å². The van der Waals surface area contributed by atoms with Gasteiger partial charge in [-0.3, -0.25) is 0 Å². The van der Waals surface area contributed by atoms with Gasteiger partial charge in [0.1, 0.15) is 0 Å². The summed E-state index contributed by atoms with van der Waals surface area (Å²) in [5, 5.41) is 0. The monoisotopic (exact) mass is 126 g/mol. The summed E-state index contributed by atoms with van der Waals surface area (Å²) in [6.45, 7) is 6.72. The smallest absolute Gasteiger partial charge is 0.0857 e. The van der Waals surface area contributed by atoms with Crippen molar-refractivity contribution in [1.29, 1.82) is 0 Å². The first-order chi connectivity index (χ1) is 4.31. The Morgan fingerprint density at radius 1 is 1.56 bits per heavy atom. The third kappa shape index (κ3) is 5.15. The normalized spacial score (nSPS) is 12.6. The van der Waals surface area contributed by atoms with E-state index < -0.39 is 0 Å². The number of hydrogen-bond acceptors (Lipinski definition) is 1. The first-order valence-corrected chi connectivity index (χ1v) is 3.22. The summed E-state index contributed by atoms with van der Waals surface area (Å²) in [4.78, 5) is 0. The van der Waals surface area contributed by atoms with Crippen LogP contribution < -0.4 is 0 Å². The maximum atomic E-state index is 5.03. The third-order valence-electron chi connectivity index (χ3n) is 0.865. The van der Waals surface area contributed by atoms with Crippen LogP contribution in [0.3, 0.4) is 0 Å². The Morgan fingerprint density at radius 3 is 2.67 bits per heavy atom. The Balaban J connectivity index is 3.55. The first kappa shape index (κ1) is 8.28. The maximum absolute atomic E-state index is 5.03. The van der Waals surface area contributed by atoms with Crippen molar-refractivity contribution in [2.45, 2.75) is 20.8 Å². The molecule has 0 aromatic heterocycles. The predicted octanol–water partition coefficient (Wildman–Crippen LogP) is 2.50. The molecule has 0 aromatic rings. The van der Waals surface area contributed by atoms with Crippen LogP contribution in [0.1, 0.15) is 20.8 Å². The zero-order chi connectivity index (χ0) is 7.11. The average molecular weight is 126 g/mol. The third-order valence-corrected chi connectivity index (χ3v) is 0.865. The van der Waals surface area contributed by atoms with Gasteiger partial charge in [-0.1, -0.05) is 12.2 Å². The predicted molar refractivity (Wildman–Crippen MR) is 40.2 cm³/mol. The highest BCUT2D eigenvalue weighted by molar-refractivity contribution is 5.12. The Hall–Kier alpha value is -0.720. The molecule has 0 fully saturated rings. The van der Waals surface area contributed by atoms with Crippen LogP contribution in [-0.4, -0.2) is 6.61 Å². The lowest BCUT2D eigenvalue weighted by atomic mass is 10.3. The number of ether oxygens (including phenoxy) is 1. The summed E-state index contributed by atoms with van der Waals surface area (Å²) in [7, 11) is 0. The van der Waals surface area contributed by atoms with Gasteiger partial charge in [0.05, 0.1) is 12.9 Å². The summed E-state index contributed by atoms with van der Waals surface area (Å²) >= 11 is 0. The molecule has 0 saturated heterocycles. The van der Waals surface area contributed by atoms with Gasteiger partial charge in [0.2, 0.25) is 0 Å². The van der Waals surface area contributed by atoms with Crippen molar-refractivity contribution in [2.75, 3.05) is 6.61 Å². The molecule has 0 amide bonds. The van der Waals surface area contributed by atoms with Crippen LogP contribution in [0.5, 0.6) is 0 Å². The average Bonchev–Trinajstić information content (AvgIpc) is 1.85. The van der Waals surface area contributed by atoms with Gasteiger partial charge in [-0.2, -0.15) is 0 Å². The van der Waals surface area contributed by atoms with E-state index in [0.29, 0.717) is 0 Å². The summed E-state index contributed by atoms with van der Waals surface area (Å²) in [6.07, 6.45) is 5.76. The highest BCUT2D eigenvalue weighted by Crippen LogP contribution is 1.93. The summed E-state index contributed by atoms with van der Waals surface area (Å²) < 4.78 is 5.03. The van der Waals surface area contributed by atoms with E-state index in [0.717, 1.165) is 12.2 Å². The molecule has 0 aromatic carbocycles. The van der Waals surface area contributed by atoms with Gasteiger partial charge >= 0.3 is 0 Å². The molecule has 0 aliphatic rings. The molecule has 52 valence electrons. The van der Waals surface area contributed by atoms with Crippen molar-refractivity contribution >= 4 is 0 Å². The number of rotatable bonds is 3. The highest BCUT2D eigenvalue weighted by atomic mass is 16.5. The SMILES string of the molecule is C/C=C/C(C)=C/OCC. The van der Waals surface area contributed by atoms with E-state index in [1.54, 1.807) is 6.26 Å². The lowest BCUT2D eigenvalue weighted by molar-refractivity contribution is 0.267. The van der Waals surface area contributed by atoms with Gasteiger partial charge in [-0.25, -0.2) is 0 Å². The molecular formula is C8H14O. The molecule has 9 heavy (non-hydrogen) atoms. The number of hydrogen-bond donors (Lipinski definition) is 0. The van der Waals surface area contributed by atoms with E-state index in [-0.39, 0.29) is 0 Å². The van der Waals surface area contributed by atoms with Crippen LogP contribution in [0.25, 0.3) is 0 Å². The second-order valence-electron chi connectivity index (χ2n) is 1.82. The van der Waals surface area contributed by atoms with Crippen molar-refractivity contribution in [1.82, 2.24) is 0 Å². The second kappa shape index (κ2) is 5.42. The molecular weight excluding hydrogens is 112 g/mol. The van der Waals surface area contributed by atoms with E-state index >= 15 is 0 Å². The van der Waals surface area contributed by atoms with Crippen LogP contribution >= 0.6 is 0 Å². The van der Waals surface area contributed by atoms with Gasteiger partial charge in [-0.15, -0.1) is 0 Å². The van der Waals surface area contributed by atoms with Crippen LogP contribution in [-0.2, 0) is 4.74 Å². The Morgan fingerprint density at radius 2 is 2.22 bits per heavy atom. The summed E-state index contributed by atoms with van der Waals surface area (Å²) in [5.41, 5.74) is 1.15. The standard InChI is InChI=1S/C8H14O/c1-4-6-8(3)7-9-5-2/h4,6-7H,5H2,1-3H3/b6-4+,8-7+. The van der Waals surface area contributed by atoms with Crippen molar-refractivity contribution in [2.24, 2.45) is 0 Å². The van der Waals surface area contributed by atoms with Gasteiger partial charge in [0.15, 0.2) is 0 Å². The minimum atomic E-state index is 0.745. The summed E-state index contributed by atoms with van der Waals surface area (Å²) in [6, 6.07) is 0. The fraction of sp³-hybridized carbons (Fsp3) is 0.500. The van der Waals surface area contributed by atoms with Crippen molar-refractivity contribution in [3.63, 3.8) is 0 Å². The molecule has 0 atom stereocenters. The van der Waals surface area contributed by atoms with E-state index in [1.807, 2.05) is 32.9 Å². The number of allylic oxidation sites excluding steroid dienone is 3. The molecule has 1 heteroatoms. The maximum Gasteiger partial charge on any atom is 0.0857 e. The van der Waals surface area contributed by atoms with Crippen LogP contribution in [0.15, 0.2) is 24.0 Å². The Bertz CT molecular complexity index is 112. The minimum Gasteiger partial charge on any atom is -0.501 e. The molecule has 0 unspecified atom stereocenters. The molecule has 0 aliphatic carbocycles. The minimum absolute atomic E-state index is 0.745. The molecule has 0 rings (SSSR count). The van der Waals surface area contributed by atoms with Crippen molar-refractivity contribution < 1.29 is 4.74 Å². The fourth-order valence-electron chi connectivity index (χ4n) is 0.517. The van der Waals surface area contributed by atoms with E-state index in [4.69, 9.17) is 4.74 Å². The van der Waals surface area contributed by atoms with Crippen LogP contribution in [0.4, 0.5) is 0 Å². The second-order valence-corrected chi connectivity index (χ2v) is 1.82. The lowest BCUT2D eigenvalue weighted by Crippen LogP contribution is -1.78. The van der Waals surface area contributed by atoms with Crippen LogP contribution in [0, 0.1) is 0 Å². The molecule has 0 saturated carbocycles. The molecule has 0 radical (unpaired) electrons. The Kier molecular flexibility index (Phi) is 4.98. The van der Waals surface area contributed by atoms with Crippen molar-refractivity contribution in [3.05, 3.63) is 24.0 Å². The molecule has 0 bridgehead atoms. The van der Waals surface area contributed by atoms with Crippen molar-refractivity contribution in [3.8, 4) is 0 Å². The van der Waals surface area contributed by atoms with Gasteiger partial charge in [0.25, 0.3) is 0 Å². The van der Waals surface area contributed by atoms with E-state index in [9.17, 15) is 0 Å². The molecule has 0 N–H and O–H groups in total. The largest absolute Gasteiger partial charge is 0.501 e. The Labute approximate surface area is 57.0 Å². The molecule has 1 nitrogen and oxygen atoms in total. The molecule has 0 heterocycles. The molecule has 0 spiro atoms. The lowest BCUT2D eigenvalue weighted by Gasteiger charge is -1.93. The fourth-order valence-corrected chi connectivity index (χ4v) is 0.517. The van der Waals surface area contributed by atoms with Gasteiger partial charge in [-0.05, 0) is 26.3 Å². The topological polar surface area (TPSA) is 9.23 Å². The van der Waals surface area contributed by atoms with E-state index in [2.05, 4.69) is 0 Å². The van der Waals surface area contributed by atoms with Gasteiger partial charge in [0, 0.05) is 0 Å². The summed E-state index contributed by atoms with van der Waals surface area (Å²) in [5.74, 6) is 0. The highest BCUT2D eigenvalue weighted by Gasteiger charge is 1.77. The molecule has 0 aliphatic heterocycles. The van der Waals surface area contributed by atoms with Crippen LogP contribution in [0.2, 0.25) is 0 Å². The zero-order valence-electron chi connectivity index (χ0n) is 6.35. The first-order valence-electron chi connectivity index (χ1n) is 3.22. The quantitative estimate of drug-likeness (QED) is 0.417.